The van der Waals surface area contributed by atoms with Crippen molar-refractivity contribution >= 4 is 51.9 Å². The first-order valence-corrected chi connectivity index (χ1v) is 6.07. The number of nitrogens with one attached hydrogen (secondary N) is 1. The van der Waals surface area contributed by atoms with Gasteiger partial charge in [-0.15, -0.1) is 0 Å². The number of nitrogens with two attached hydrogens (primary N) is 1. The standard InChI is InChI=1S/C11H10ClN5OS/c1-6-9(10(18)17(16-6)11(13)19)15-14-8-5-3-2-4-7(8)12/h2-5,14H,1H3,(H2,13,19). The van der Waals surface area contributed by atoms with E-state index < -0.39 is 5.91 Å². The number of anilines is 1. The number of hydrogen-bond acceptors (Lipinski definition) is 5. The SMILES string of the molecule is CC1=NN(C(N)=S)C(=O)C1=NNc1ccccc1Cl. The highest BCUT2D eigenvalue weighted by Crippen LogP contribution is 2.20. The molecule has 0 spiro atoms. The second kappa shape index (κ2) is 5.33. The number of hydrogen-bond donors (Lipinski definition) is 2. The third-order valence-corrected chi connectivity index (χ3v) is 2.86. The summed E-state index contributed by atoms with van der Waals surface area (Å²) >= 11 is 10.7. The Hall–Kier alpha value is -1.99. The average Bonchev–Trinajstić information content (AvgIpc) is 2.65. The van der Waals surface area contributed by atoms with Crippen molar-refractivity contribution < 1.29 is 4.79 Å². The lowest BCUT2D eigenvalue weighted by Crippen LogP contribution is -2.36. The molecule has 0 aromatic heterocycles. The minimum absolute atomic E-state index is 0.118. The monoisotopic (exact) mass is 295 g/mol. The topological polar surface area (TPSA) is 83.1 Å². The molecule has 0 fully saturated rings. The largest absolute Gasteiger partial charge is 0.374 e. The lowest BCUT2D eigenvalue weighted by molar-refractivity contribution is -0.119. The van der Waals surface area contributed by atoms with E-state index in [4.69, 9.17) is 29.6 Å². The molecular weight excluding hydrogens is 286 g/mol. The minimum atomic E-state index is -0.468. The molecule has 6 nitrogen and oxygen atoms in total. The molecule has 3 N–H and O–H groups in total. The van der Waals surface area contributed by atoms with Crippen LogP contribution in [0.2, 0.25) is 5.02 Å². The number of benzene rings is 1. The fourth-order valence-electron chi connectivity index (χ4n) is 1.44. The Morgan fingerprint density at radius 1 is 1.53 bits per heavy atom. The van der Waals surface area contributed by atoms with Crippen molar-refractivity contribution in [3.63, 3.8) is 0 Å². The molecule has 1 aliphatic rings. The van der Waals surface area contributed by atoms with Crippen molar-refractivity contribution in [2.45, 2.75) is 6.92 Å². The Morgan fingerprint density at radius 3 is 2.79 bits per heavy atom. The number of nitrogens with zero attached hydrogens (tertiary/aromatic N) is 3. The maximum absolute atomic E-state index is 11.9. The minimum Gasteiger partial charge on any atom is -0.374 e. The van der Waals surface area contributed by atoms with Gasteiger partial charge < -0.3 is 5.73 Å². The van der Waals surface area contributed by atoms with Crippen molar-refractivity contribution in [2.75, 3.05) is 5.43 Å². The van der Waals surface area contributed by atoms with Crippen LogP contribution < -0.4 is 11.2 Å². The van der Waals surface area contributed by atoms with E-state index in [0.29, 0.717) is 16.4 Å². The van der Waals surface area contributed by atoms with Gasteiger partial charge in [-0.2, -0.15) is 15.2 Å². The van der Waals surface area contributed by atoms with Gasteiger partial charge in [-0.1, -0.05) is 23.7 Å². The normalized spacial score (nSPS) is 16.7. The summed E-state index contributed by atoms with van der Waals surface area (Å²) in [6, 6.07) is 7.04. The van der Waals surface area contributed by atoms with Crippen LogP contribution in [0.5, 0.6) is 0 Å². The van der Waals surface area contributed by atoms with Gasteiger partial charge in [0.05, 0.1) is 16.4 Å². The van der Waals surface area contributed by atoms with Crippen molar-refractivity contribution in [3.8, 4) is 0 Å². The third-order valence-electron chi connectivity index (χ3n) is 2.36. The quantitative estimate of drug-likeness (QED) is 0.641. The van der Waals surface area contributed by atoms with Gasteiger partial charge >= 0.3 is 5.91 Å². The van der Waals surface area contributed by atoms with Crippen LogP contribution in [0, 0.1) is 0 Å². The van der Waals surface area contributed by atoms with Gasteiger partial charge in [0.2, 0.25) is 0 Å². The summed E-state index contributed by atoms with van der Waals surface area (Å²) in [6.07, 6.45) is 0. The Balaban J connectivity index is 2.22. The summed E-state index contributed by atoms with van der Waals surface area (Å²) < 4.78 is 0. The van der Waals surface area contributed by atoms with E-state index in [1.165, 1.54) is 0 Å². The molecule has 8 heteroatoms. The second-order valence-electron chi connectivity index (χ2n) is 3.69. The summed E-state index contributed by atoms with van der Waals surface area (Å²) in [7, 11) is 0. The van der Waals surface area contributed by atoms with Crippen LogP contribution in [0.1, 0.15) is 6.92 Å². The average molecular weight is 296 g/mol. The molecule has 2 rings (SSSR count). The number of carbonyl (C=O) groups excluding carboxylic acids is 1. The zero-order valence-electron chi connectivity index (χ0n) is 9.92. The van der Waals surface area contributed by atoms with Crippen molar-refractivity contribution in [1.82, 2.24) is 5.01 Å². The van der Waals surface area contributed by atoms with E-state index in [9.17, 15) is 4.79 Å². The van der Waals surface area contributed by atoms with E-state index in [1.54, 1.807) is 31.2 Å². The fraction of sp³-hybridized carbons (Fsp3) is 0.0909. The van der Waals surface area contributed by atoms with E-state index >= 15 is 0 Å². The molecule has 0 bridgehead atoms. The molecule has 0 unspecified atom stereocenters. The van der Waals surface area contributed by atoms with Crippen LogP contribution >= 0.6 is 23.8 Å². The summed E-state index contributed by atoms with van der Waals surface area (Å²) in [4.78, 5) is 11.9. The van der Waals surface area contributed by atoms with E-state index in [0.717, 1.165) is 5.01 Å². The smallest absolute Gasteiger partial charge is 0.303 e. The lowest BCUT2D eigenvalue weighted by atomic mass is 10.2. The predicted molar refractivity (Wildman–Crippen MR) is 79.3 cm³/mol. The predicted octanol–water partition coefficient (Wildman–Crippen LogP) is 1.57. The third kappa shape index (κ3) is 2.72. The van der Waals surface area contributed by atoms with Crippen LogP contribution in [0.15, 0.2) is 34.5 Å². The molecule has 1 heterocycles. The number of rotatable bonds is 2. The Morgan fingerprint density at radius 2 is 2.21 bits per heavy atom. The number of para-hydroxylation sites is 1. The van der Waals surface area contributed by atoms with Crippen LogP contribution in [-0.4, -0.2) is 27.5 Å². The molecule has 1 aliphatic heterocycles. The van der Waals surface area contributed by atoms with Crippen molar-refractivity contribution in [2.24, 2.45) is 15.9 Å². The summed E-state index contributed by atoms with van der Waals surface area (Å²) in [5, 5.41) is 9.22. The number of carbonyl (C=O) groups is 1. The first-order valence-electron chi connectivity index (χ1n) is 5.28. The maximum Gasteiger partial charge on any atom is 0.303 e. The lowest BCUT2D eigenvalue weighted by Gasteiger charge is -2.07. The van der Waals surface area contributed by atoms with Crippen LogP contribution in [0.3, 0.4) is 0 Å². The van der Waals surface area contributed by atoms with Gasteiger partial charge in [-0.05, 0) is 31.3 Å². The molecule has 1 aromatic carbocycles. The molecule has 1 amide bonds. The highest BCUT2D eigenvalue weighted by atomic mass is 35.5. The van der Waals surface area contributed by atoms with Crippen LogP contribution in [0.4, 0.5) is 5.69 Å². The summed E-state index contributed by atoms with van der Waals surface area (Å²) in [5.41, 5.74) is 9.26. The first-order chi connectivity index (χ1) is 9.00. The van der Waals surface area contributed by atoms with E-state index in [1.807, 2.05) is 0 Å². The zero-order valence-corrected chi connectivity index (χ0v) is 11.5. The van der Waals surface area contributed by atoms with Crippen molar-refractivity contribution in [3.05, 3.63) is 29.3 Å². The molecule has 0 aliphatic carbocycles. The highest BCUT2D eigenvalue weighted by Gasteiger charge is 2.31. The Kier molecular flexibility index (Phi) is 3.77. The van der Waals surface area contributed by atoms with Gasteiger partial charge in [0, 0.05) is 0 Å². The second-order valence-corrected chi connectivity index (χ2v) is 4.52. The number of halogens is 1. The van der Waals surface area contributed by atoms with Gasteiger partial charge in [0.15, 0.2) is 10.8 Å². The number of hydrazone groups is 2. The molecule has 19 heavy (non-hydrogen) atoms. The first kappa shape index (κ1) is 13.4. The van der Waals surface area contributed by atoms with Crippen molar-refractivity contribution in [1.29, 1.82) is 0 Å². The Bertz CT molecular complexity index is 613. The van der Waals surface area contributed by atoms with Gasteiger partial charge in [-0.3, -0.25) is 10.2 Å². The molecule has 0 atom stereocenters. The molecule has 98 valence electrons. The van der Waals surface area contributed by atoms with E-state index in [-0.39, 0.29) is 10.8 Å². The summed E-state index contributed by atoms with van der Waals surface area (Å²) in [6.45, 7) is 1.64. The number of thiocarbonyl (C=S) groups is 1. The highest BCUT2D eigenvalue weighted by molar-refractivity contribution is 7.80. The van der Waals surface area contributed by atoms with Crippen LogP contribution in [0.25, 0.3) is 0 Å². The van der Waals surface area contributed by atoms with Gasteiger partial charge in [-0.25, -0.2) is 0 Å². The fourth-order valence-corrected chi connectivity index (χ4v) is 1.75. The van der Waals surface area contributed by atoms with Gasteiger partial charge in [0.1, 0.15) is 0 Å². The summed E-state index contributed by atoms with van der Waals surface area (Å²) in [5.74, 6) is -0.468. The molecule has 0 saturated heterocycles. The molecule has 0 saturated carbocycles. The molecule has 0 radical (unpaired) electrons. The molecule has 1 aromatic rings. The Labute approximate surface area is 119 Å². The molecular formula is C11H10ClN5OS. The zero-order chi connectivity index (χ0) is 14.0. The maximum atomic E-state index is 11.9. The van der Waals surface area contributed by atoms with Gasteiger partial charge in [0.25, 0.3) is 0 Å². The van der Waals surface area contributed by atoms with Crippen LogP contribution in [-0.2, 0) is 4.79 Å². The number of amides is 1. The van der Waals surface area contributed by atoms with E-state index in [2.05, 4.69) is 15.6 Å².